The van der Waals surface area contributed by atoms with Crippen LogP contribution < -0.4 is 5.32 Å². The second-order valence-electron chi connectivity index (χ2n) is 4.35. The standard InChI is InChI=1S/C10H18N2O/c1-10(2,3)8-9(13)12-7-5-4-6-11/h4-5,7-8H2,1-3H3,(H,12,13). The van der Waals surface area contributed by atoms with E-state index in [2.05, 4.69) is 5.32 Å². The summed E-state index contributed by atoms with van der Waals surface area (Å²) in [6.07, 6.45) is 1.79. The summed E-state index contributed by atoms with van der Waals surface area (Å²) in [6.45, 7) is 6.70. The number of carbonyl (C=O) groups excluding carboxylic acids is 1. The highest BCUT2D eigenvalue weighted by Gasteiger charge is 2.14. The molecule has 0 aromatic rings. The first-order valence-electron chi connectivity index (χ1n) is 4.59. The Balaban J connectivity index is 3.48. The Morgan fingerprint density at radius 3 is 2.54 bits per heavy atom. The van der Waals surface area contributed by atoms with Gasteiger partial charge in [-0.25, -0.2) is 0 Å². The van der Waals surface area contributed by atoms with Gasteiger partial charge in [0.25, 0.3) is 0 Å². The predicted molar refractivity (Wildman–Crippen MR) is 51.9 cm³/mol. The molecule has 0 saturated carbocycles. The van der Waals surface area contributed by atoms with Gasteiger partial charge >= 0.3 is 0 Å². The summed E-state index contributed by atoms with van der Waals surface area (Å²) in [5.41, 5.74) is 0.0410. The fourth-order valence-corrected chi connectivity index (χ4v) is 0.939. The van der Waals surface area contributed by atoms with Crippen molar-refractivity contribution in [3.8, 4) is 6.07 Å². The van der Waals surface area contributed by atoms with Crippen molar-refractivity contribution in [2.75, 3.05) is 6.54 Å². The third-order valence-electron chi connectivity index (χ3n) is 1.48. The van der Waals surface area contributed by atoms with Crippen LogP contribution in [0.3, 0.4) is 0 Å². The van der Waals surface area contributed by atoms with E-state index in [0.29, 0.717) is 19.4 Å². The highest BCUT2D eigenvalue weighted by molar-refractivity contribution is 5.76. The van der Waals surface area contributed by atoms with Crippen molar-refractivity contribution in [1.29, 1.82) is 5.26 Å². The molecule has 1 amide bonds. The van der Waals surface area contributed by atoms with Crippen molar-refractivity contribution in [1.82, 2.24) is 5.32 Å². The minimum absolute atomic E-state index is 0.0410. The van der Waals surface area contributed by atoms with E-state index in [1.54, 1.807) is 0 Å². The van der Waals surface area contributed by atoms with Gasteiger partial charge in [0.1, 0.15) is 0 Å². The van der Waals surface area contributed by atoms with Gasteiger partial charge in [0.05, 0.1) is 6.07 Å². The second kappa shape index (κ2) is 5.58. The minimum atomic E-state index is 0.0410. The molecule has 13 heavy (non-hydrogen) atoms. The average Bonchev–Trinajstić information content (AvgIpc) is 1.94. The van der Waals surface area contributed by atoms with E-state index in [1.807, 2.05) is 26.8 Å². The van der Waals surface area contributed by atoms with Crippen LogP contribution in [0.1, 0.15) is 40.0 Å². The SMILES string of the molecule is CC(C)(C)CC(=O)NCCCC#N. The molecule has 0 bridgehead atoms. The molecule has 0 aromatic heterocycles. The lowest BCUT2D eigenvalue weighted by molar-refractivity contribution is -0.122. The molecule has 0 heterocycles. The van der Waals surface area contributed by atoms with Crippen LogP contribution >= 0.6 is 0 Å². The van der Waals surface area contributed by atoms with E-state index in [1.165, 1.54) is 0 Å². The molecule has 0 fully saturated rings. The smallest absolute Gasteiger partial charge is 0.220 e. The number of hydrogen-bond acceptors (Lipinski definition) is 2. The third kappa shape index (κ3) is 8.87. The number of carbonyl (C=O) groups is 1. The number of nitriles is 1. The van der Waals surface area contributed by atoms with E-state index >= 15 is 0 Å². The zero-order valence-electron chi connectivity index (χ0n) is 8.68. The fraction of sp³-hybridized carbons (Fsp3) is 0.800. The van der Waals surface area contributed by atoms with Crippen molar-refractivity contribution in [3.05, 3.63) is 0 Å². The van der Waals surface area contributed by atoms with Crippen molar-refractivity contribution in [2.45, 2.75) is 40.0 Å². The Labute approximate surface area is 80.1 Å². The summed E-state index contributed by atoms with van der Waals surface area (Å²) in [4.78, 5) is 11.2. The van der Waals surface area contributed by atoms with E-state index < -0.39 is 0 Å². The van der Waals surface area contributed by atoms with Gasteiger partial charge in [0.15, 0.2) is 0 Å². The molecular formula is C10H18N2O. The van der Waals surface area contributed by atoms with Gasteiger partial charge in [-0.1, -0.05) is 20.8 Å². The molecule has 0 aromatic carbocycles. The quantitative estimate of drug-likeness (QED) is 0.674. The molecule has 74 valence electrons. The molecule has 0 unspecified atom stereocenters. The summed E-state index contributed by atoms with van der Waals surface area (Å²) < 4.78 is 0. The highest BCUT2D eigenvalue weighted by atomic mass is 16.1. The van der Waals surface area contributed by atoms with Gasteiger partial charge in [-0.2, -0.15) is 5.26 Å². The Morgan fingerprint density at radius 1 is 1.46 bits per heavy atom. The number of nitrogens with one attached hydrogen (secondary N) is 1. The van der Waals surface area contributed by atoms with Crippen LogP contribution in [0, 0.1) is 16.7 Å². The lowest BCUT2D eigenvalue weighted by Crippen LogP contribution is -2.28. The van der Waals surface area contributed by atoms with Crippen LogP contribution in [-0.2, 0) is 4.79 Å². The molecule has 0 aliphatic carbocycles. The number of rotatable bonds is 4. The lowest BCUT2D eigenvalue weighted by Gasteiger charge is -2.16. The Morgan fingerprint density at radius 2 is 2.08 bits per heavy atom. The number of unbranched alkanes of at least 4 members (excludes halogenated alkanes) is 1. The van der Waals surface area contributed by atoms with Crippen LogP contribution in [0.4, 0.5) is 0 Å². The van der Waals surface area contributed by atoms with E-state index in [9.17, 15) is 4.79 Å². The summed E-state index contributed by atoms with van der Waals surface area (Å²) >= 11 is 0. The monoisotopic (exact) mass is 182 g/mol. The number of amides is 1. The van der Waals surface area contributed by atoms with Gasteiger partial charge in [-0.3, -0.25) is 4.79 Å². The summed E-state index contributed by atoms with van der Waals surface area (Å²) in [5, 5.41) is 11.0. The number of hydrogen-bond donors (Lipinski definition) is 1. The van der Waals surface area contributed by atoms with E-state index in [4.69, 9.17) is 5.26 Å². The fourth-order valence-electron chi connectivity index (χ4n) is 0.939. The molecule has 0 saturated heterocycles. The van der Waals surface area contributed by atoms with Crippen LogP contribution in [-0.4, -0.2) is 12.5 Å². The molecule has 0 radical (unpaired) electrons. The maximum atomic E-state index is 11.2. The normalized spacial score (nSPS) is 10.6. The first kappa shape index (κ1) is 12.0. The van der Waals surface area contributed by atoms with Gasteiger partial charge in [-0.05, 0) is 11.8 Å². The van der Waals surface area contributed by atoms with Crippen molar-refractivity contribution in [3.63, 3.8) is 0 Å². The van der Waals surface area contributed by atoms with Crippen LogP contribution in [0.25, 0.3) is 0 Å². The average molecular weight is 182 g/mol. The predicted octanol–water partition coefficient (Wildman–Crippen LogP) is 1.84. The Kier molecular flexibility index (Phi) is 5.13. The summed E-state index contributed by atoms with van der Waals surface area (Å²) in [7, 11) is 0. The van der Waals surface area contributed by atoms with Crippen LogP contribution in [0.5, 0.6) is 0 Å². The molecule has 0 atom stereocenters. The molecule has 3 nitrogen and oxygen atoms in total. The molecule has 0 aliphatic heterocycles. The third-order valence-corrected chi connectivity index (χ3v) is 1.48. The Bertz CT molecular complexity index is 198. The van der Waals surface area contributed by atoms with Crippen LogP contribution in [0.15, 0.2) is 0 Å². The maximum absolute atomic E-state index is 11.2. The maximum Gasteiger partial charge on any atom is 0.220 e. The zero-order chi connectivity index (χ0) is 10.3. The van der Waals surface area contributed by atoms with E-state index in [-0.39, 0.29) is 11.3 Å². The first-order chi connectivity index (χ1) is 5.95. The van der Waals surface area contributed by atoms with Gasteiger partial charge in [0, 0.05) is 19.4 Å². The van der Waals surface area contributed by atoms with Crippen molar-refractivity contribution in [2.24, 2.45) is 5.41 Å². The topological polar surface area (TPSA) is 52.9 Å². The first-order valence-corrected chi connectivity index (χ1v) is 4.59. The Hall–Kier alpha value is -1.04. The van der Waals surface area contributed by atoms with Gasteiger partial charge in [-0.15, -0.1) is 0 Å². The van der Waals surface area contributed by atoms with Crippen molar-refractivity contribution < 1.29 is 4.79 Å². The highest BCUT2D eigenvalue weighted by Crippen LogP contribution is 2.17. The van der Waals surface area contributed by atoms with Crippen LogP contribution in [0.2, 0.25) is 0 Å². The molecule has 0 aliphatic rings. The molecule has 1 N–H and O–H groups in total. The second-order valence-corrected chi connectivity index (χ2v) is 4.35. The number of nitrogens with zero attached hydrogens (tertiary/aromatic N) is 1. The molecule has 0 rings (SSSR count). The van der Waals surface area contributed by atoms with Gasteiger partial charge < -0.3 is 5.32 Å². The van der Waals surface area contributed by atoms with Gasteiger partial charge in [0.2, 0.25) is 5.91 Å². The summed E-state index contributed by atoms with van der Waals surface area (Å²) in [5.74, 6) is 0.0745. The van der Waals surface area contributed by atoms with E-state index in [0.717, 1.165) is 6.42 Å². The van der Waals surface area contributed by atoms with Crippen molar-refractivity contribution >= 4 is 5.91 Å². The lowest BCUT2D eigenvalue weighted by atomic mass is 9.92. The molecule has 0 spiro atoms. The zero-order valence-corrected chi connectivity index (χ0v) is 8.68. The molecular weight excluding hydrogens is 164 g/mol. The minimum Gasteiger partial charge on any atom is -0.356 e. The largest absolute Gasteiger partial charge is 0.356 e. The summed E-state index contributed by atoms with van der Waals surface area (Å²) in [6, 6.07) is 2.04. The molecule has 3 heteroatoms.